The molecule has 0 fully saturated rings. The standard InChI is InChI=1S/C10H18N4O2/c1-7(2)5-6-8-11-12-13-14(8)10(3,4)9(15)16/h7H,5-6H2,1-4H3,(H,15,16). The molecule has 0 aromatic carbocycles. The minimum atomic E-state index is -1.10. The first-order valence-corrected chi connectivity index (χ1v) is 5.37. The number of aryl methyl sites for hydroxylation is 1. The molecule has 16 heavy (non-hydrogen) atoms. The first kappa shape index (κ1) is 12.6. The van der Waals surface area contributed by atoms with Gasteiger partial charge in [0, 0.05) is 6.42 Å². The maximum atomic E-state index is 11.1. The molecule has 0 radical (unpaired) electrons. The molecule has 0 aliphatic rings. The van der Waals surface area contributed by atoms with E-state index in [2.05, 4.69) is 29.4 Å². The molecule has 0 spiro atoms. The van der Waals surface area contributed by atoms with E-state index in [4.69, 9.17) is 5.11 Å². The van der Waals surface area contributed by atoms with Crippen molar-refractivity contribution in [2.45, 2.75) is 46.1 Å². The summed E-state index contributed by atoms with van der Waals surface area (Å²) in [5, 5.41) is 20.3. The van der Waals surface area contributed by atoms with Crippen LogP contribution in [0.25, 0.3) is 0 Å². The second-order valence-corrected chi connectivity index (χ2v) is 4.80. The summed E-state index contributed by atoms with van der Waals surface area (Å²) in [7, 11) is 0. The monoisotopic (exact) mass is 226 g/mol. The fraction of sp³-hybridized carbons (Fsp3) is 0.800. The molecule has 0 amide bonds. The quantitative estimate of drug-likeness (QED) is 0.812. The highest BCUT2D eigenvalue weighted by molar-refractivity contribution is 5.75. The van der Waals surface area contributed by atoms with Crippen LogP contribution in [0.15, 0.2) is 0 Å². The van der Waals surface area contributed by atoms with Crippen LogP contribution in [0.2, 0.25) is 0 Å². The van der Waals surface area contributed by atoms with E-state index in [0.717, 1.165) is 6.42 Å². The lowest BCUT2D eigenvalue weighted by molar-refractivity contribution is -0.146. The van der Waals surface area contributed by atoms with E-state index in [1.54, 1.807) is 13.8 Å². The van der Waals surface area contributed by atoms with Crippen LogP contribution in [-0.2, 0) is 16.8 Å². The van der Waals surface area contributed by atoms with Crippen LogP contribution in [0.5, 0.6) is 0 Å². The van der Waals surface area contributed by atoms with Gasteiger partial charge in [0.1, 0.15) is 0 Å². The van der Waals surface area contributed by atoms with Crippen LogP contribution >= 0.6 is 0 Å². The van der Waals surface area contributed by atoms with Crippen molar-refractivity contribution in [2.75, 3.05) is 0 Å². The molecule has 90 valence electrons. The number of rotatable bonds is 5. The van der Waals surface area contributed by atoms with Gasteiger partial charge < -0.3 is 5.11 Å². The summed E-state index contributed by atoms with van der Waals surface area (Å²) in [5.41, 5.74) is -1.10. The van der Waals surface area contributed by atoms with Crippen LogP contribution in [0.3, 0.4) is 0 Å². The van der Waals surface area contributed by atoms with Crippen LogP contribution in [0, 0.1) is 5.92 Å². The molecule has 1 rings (SSSR count). The van der Waals surface area contributed by atoms with Gasteiger partial charge in [-0.2, -0.15) is 0 Å². The number of hydrogen-bond acceptors (Lipinski definition) is 4. The molecular formula is C10H18N4O2. The molecule has 0 unspecified atom stereocenters. The molecule has 6 nitrogen and oxygen atoms in total. The highest BCUT2D eigenvalue weighted by Crippen LogP contribution is 2.16. The summed E-state index contributed by atoms with van der Waals surface area (Å²) in [6, 6.07) is 0. The molecule has 0 atom stereocenters. The van der Waals surface area contributed by atoms with E-state index < -0.39 is 11.5 Å². The summed E-state index contributed by atoms with van der Waals surface area (Å²) < 4.78 is 1.39. The smallest absolute Gasteiger partial charge is 0.331 e. The molecule has 0 saturated carbocycles. The maximum absolute atomic E-state index is 11.1. The zero-order valence-electron chi connectivity index (χ0n) is 10.1. The first-order valence-electron chi connectivity index (χ1n) is 5.37. The Balaban J connectivity index is 2.90. The number of carboxylic acids is 1. The molecule has 0 aliphatic heterocycles. The van der Waals surface area contributed by atoms with Crippen molar-refractivity contribution in [1.29, 1.82) is 0 Å². The Labute approximate surface area is 94.7 Å². The third-order valence-corrected chi connectivity index (χ3v) is 2.53. The van der Waals surface area contributed by atoms with Gasteiger partial charge in [-0.25, -0.2) is 9.48 Å². The third-order valence-electron chi connectivity index (χ3n) is 2.53. The maximum Gasteiger partial charge on any atom is 0.331 e. The number of nitrogens with zero attached hydrogens (tertiary/aromatic N) is 4. The Morgan fingerprint density at radius 1 is 1.50 bits per heavy atom. The van der Waals surface area contributed by atoms with Gasteiger partial charge in [0.25, 0.3) is 0 Å². The second-order valence-electron chi connectivity index (χ2n) is 4.80. The van der Waals surface area contributed by atoms with Crippen LogP contribution in [0.1, 0.15) is 39.9 Å². The highest BCUT2D eigenvalue weighted by atomic mass is 16.4. The summed E-state index contributed by atoms with van der Waals surface area (Å²) >= 11 is 0. The highest BCUT2D eigenvalue weighted by Gasteiger charge is 2.33. The van der Waals surface area contributed by atoms with Gasteiger partial charge in [-0.3, -0.25) is 0 Å². The van der Waals surface area contributed by atoms with Crippen molar-refractivity contribution in [1.82, 2.24) is 20.2 Å². The fourth-order valence-corrected chi connectivity index (χ4v) is 1.30. The van der Waals surface area contributed by atoms with Gasteiger partial charge in [-0.05, 0) is 36.6 Å². The molecule has 0 bridgehead atoms. The number of tetrazole rings is 1. The minimum absolute atomic E-state index is 0.540. The van der Waals surface area contributed by atoms with Crippen molar-refractivity contribution in [3.8, 4) is 0 Å². The Morgan fingerprint density at radius 2 is 2.12 bits per heavy atom. The summed E-state index contributed by atoms with van der Waals surface area (Å²) in [4.78, 5) is 11.1. The molecule has 0 saturated heterocycles. The van der Waals surface area contributed by atoms with E-state index in [9.17, 15) is 4.79 Å². The van der Waals surface area contributed by atoms with Crippen LogP contribution in [-0.4, -0.2) is 31.3 Å². The predicted molar refractivity (Wildman–Crippen MR) is 57.9 cm³/mol. The number of aromatic nitrogens is 4. The molecular weight excluding hydrogens is 208 g/mol. The Bertz CT molecular complexity index is 371. The van der Waals surface area contributed by atoms with E-state index in [-0.39, 0.29) is 0 Å². The van der Waals surface area contributed by atoms with Gasteiger partial charge in [-0.1, -0.05) is 13.8 Å². The lowest BCUT2D eigenvalue weighted by Crippen LogP contribution is -2.38. The molecule has 1 N–H and O–H groups in total. The lowest BCUT2D eigenvalue weighted by atomic mass is 10.0. The van der Waals surface area contributed by atoms with Crippen molar-refractivity contribution < 1.29 is 9.90 Å². The molecule has 6 heteroatoms. The first-order chi connectivity index (χ1) is 7.35. The summed E-state index contributed by atoms with van der Waals surface area (Å²) in [6.07, 6.45) is 1.64. The Kier molecular flexibility index (Phi) is 3.62. The minimum Gasteiger partial charge on any atom is -0.479 e. The number of carbonyl (C=O) groups is 1. The van der Waals surface area contributed by atoms with E-state index in [1.807, 2.05) is 0 Å². The number of carboxylic acid groups (broad SMARTS) is 1. The van der Waals surface area contributed by atoms with Gasteiger partial charge in [0.2, 0.25) is 0 Å². The van der Waals surface area contributed by atoms with E-state index in [1.165, 1.54) is 4.68 Å². The van der Waals surface area contributed by atoms with E-state index in [0.29, 0.717) is 18.2 Å². The normalized spacial score (nSPS) is 12.1. The zero-order chi connectivity index (χ0) is 12.3. The van der Waals surface area contributed by atoms with E-state index >= 15 is 0 Å². The van der Waals surface area contributed by atoms with Gasteiger partial charge >= 0.3 is 5.97 Å². The summed E-state index contributed by atoms with van der Waals surface area (Å²) in [6.45, 7) is 7.39. The van der Waals surface area contributed by atoms with Crippen molar-refractivity contribution >= 4 is 5.97 Å². The predicted octanol–water partition coefficient (Wildman–Crippen LogP) is 1.08. The Morgan fingerprint density at radius 3 is 2.62 bits per heavy atom. The van der Waals surface area contributed by atoms with Crippen LogP contribution < -0.4 is 0 Å². The van der Waals surface area contributed by atoms with Crippen molar-refractivity contribution in [3.05, 3.63) is 5.82 Å². The Hall–Kier alpha value is -1.46. The van der Waals surface area contributed by atoms with Gasteiger partial charge in [-0.15, -0.1) is 5.10 Å². The number of aliphatic carboxylic acids is 1. The van der Waals surface area contributed by atoms with Crippen molar-refractivity contribution in [2.24, 2.45) is 5.92 Å². The van der Waals surface area contributed by atoms with Crippen LogP contribution in [0.4, 0.5) is 0 Å². The SMILES string of the molecule is CC(C)CCc1nnnn1C(C)(C)C(=O)O. The van der Waals surface area contributed by atoms with Gasteiger partial charge in [0.15, 0.2) is 11.4 Å². The van der Waals surface area contributed by atoms with Gasteiger partial charge in [0.05, 0.1) is 0 Å². The largest absolute Gasteiger partial charge is 0.479 e. The second kappa shape index (κ2) is 4.59. The number of hydrogen-bond donors (Lipinski definition) is 1. The molecule has 0 aliphatic carbocycles. The molecule has 1 aromatic rings. The molecule has 1 aromatic heterocycles. The zero-order valence-corrected chi connectivity index (χ0v) is 10.1. The third kappa shape index (κ3) is 2.56. The fourth-order valence-electron chi connectivity index (χ4n) is 1.30. The average molecular weight is 226 g/mol. The summed E-state index contributed by atoms with van der Waals surface area (Å²) in [5.74, 6) is 0.227. The molecule has 1 heterocycles. The van der Waals surface area contributed by atoms with Crippen molar-refractivity contribution in [3.63, 3.8) is 0 Å². The lowest BCUT2D eigenvalue weighted by Gasteiger charge is -2.20. The topological polar surface area (TPSA) is 80.9 Å². The average Bonchev–Trinajstić information content (AvgIpc) is 2.62.